The molecule has 27 heteroatoms. The van der Waals surface area contributed by atoms with E-state index < -0.39 is 162 Å². The van der Waals surface area contributed by atoms with Crippen LogP contribution in [0.25, 0.3) is 10.9 Å². The molecule has 0 aliphatic heterocycles. The van der Waals surface area contributed by atoms with Gasteiger partial charge in [0.25, 0.3) is 0 Å². The Morgan fingerprint density at radius 2 is 1.17 bits per heavy atom. The van der Waals surface area contributed by atoms with Crippen molar-refractivity contribution in [3.8, 4) is 5.75 Å². The lowest BCUT2D eigenvalue weighted by atomic mass is 9.89. The molecule has 0 unspecified atom stereocenters. The van der Waals surface area contributed by atoms with Crippen molar-refractivity contribution >= 4 is 91.5 Å². The highest BCUT2D eigenvalue weighted by molar-refractivity contribution is 7.89. The summed E-state index contributed by atoms with van der Waals surface area (Å²) in [6.07, 6.45) is -0.832. The van der Waals surface area contributed by atoms with Crippen LogP contribution in [0.15, 0.2) is 114 Å². The van der Waals surface area contributed by atoms with E-state index in [1.165, 1.54) is 31.4 Å². The number of aliphatic carboxylic acids is 3. The van der Waals surface area contributed by atoms with Gasteiger partial charge in [-0.15, -0.1) is 0 Å². The molecule has 25 nitrogen and oxygen atoms in total. The monoisotopic (exact) mass is 1320 g/mol. The fraction of sp³-hybridized carbons (Fsp3) is 0.433. The van der Waals surface area contributed by atoms with Crippen molar-refractivity contribution in [1.82, 2.24) is 31.0 Å². The minimum Gasteiger partial charge on any atom is -0.497 e. The number of primary amides is 1. The van der Waals surface area contributed by atoms with E-state index in [0.717, 1.165) is 29.8 Å². The van der Waals surface area contributed by atoms with Gasteiger partial charge >= 0.3 is 17.9 Å². The van der Waals surface area contributed by atoms with E-state index >= 15 is 0 Å². The van der Waals surface area contributed by atoms with Gasteiger partial charge < -0.3 is 52.0 Å². The number of hydrogen-bond donors (Lipinski definition) is 10. The Morgan fingerprint density at radius 1 is 0.564 bits per heavy atom. The molecular weight excluding hydrogens is 1240 g/mol. The van der Waals surface area contributed by atoms with Crippen molar-refractivity contribution in [3.63, 3.8) is 0 Å². The molecule has 0 aliphatic carbocycles. The zero-order valence-electron chi connectivity index (χ0n) is 52.2. The first kappa shape index (κ1) is 75.2. The maximum absolute atomic E-state index is 14.7. The molecule has 6 atom stereocenters. The Morgan fingerprint density at radius 3 is 1.81 bits per heavy atom. The lowest BCUT2D eigenvalue weighted by molar-refractivity contribution is -0.140. The molecule has 4 aromatic carbocycles. The number of carboxylic acid groups (broad SMARTS) is 3. The van der Waals surface area contributed by atoms with Gasteiger partial charge in [0, 0.05) is 105 Å². The van der Waals surface area contributed by atoms with Gasteiger partial charge in [0.05, 0.1) is 43.5 Å². The number of aromatic amines is 1. The lowest BCUT2D eigenvalue weighted by Crippen LogP contribution is -2.47. The molecular formula is C67H82FN7O18S. The number of rotatable bonds is 46. The SMILES string of the molecule is COc1ccc(S(=O)(=O)N[C@H](CC(=O)O)C(=O)C[C@@H](CCC(=O)O)C(=O)NCC(=O)C[C@@H](Cc2cccc(F)c2)C(=O)N[C@@H](Cc2c[nH]c3ccccc23)C(=O)C[C@@H](CCC(=O)O)C(=O)NCCCCCC(=O)C[C@@H](CCCCNC(=O)Cc2ccccc2)C(N)=O)cc1. The number of halogens is 1. The second-order valence-corrected chi connectivity index (χ2v) is 24.8. The molecule has 5 rings (SSSR count). The predicted molar refractivity (Wildman–Crippen MR) is 340 cm³/mol. The molecule has 11 N–H and O–H groups in total. The van der Waals surface area contributed by atoms with Crippen LogP contribution < -0.4 is 36.5 Å². The van der Waals surface area contributed by atoms with E-state index in [1.807, 2.05) is 35.1 Å². The average Bonchev–Trinajstić information content (AvgIpc) is 1.49. The number of amides is 5. The van der Waals surface area contributed by atoms with Gasteiger partial charge in [-0.25, -0.2) is 17.5 Å². The van der Waals surface area contributed by atoms with E-state index in [0.29, 0.717) is 67.3 Å². The van der Waals surface area contributed by atoms with E-state index in [9.17, 15) is 85.7 Å². The summed E-state index contributed by atoms with van der Waals surface area (Å²) in [5.74, 6) is -15.5. The quantitative estimate of drug-likeness (QED) is 0.0222. The summed E-state index contributed by atoms with van der Waals surface area (Å²) in [6, 6.07) is 23.0. The summed E-state index contributed by atoms with van der Waals surface area (Å²) in [6.45, 7) is -0.326. The summed E-state index contributed by atoms with van der Waals surface area (Å²) < 4.78 is 48.3. The number of Topliss-reactive ketones (excluding diaryl/α,β-unsaturated/α-hetero) is 4. The molecule has 94 heavy (non-hydrogen) atoms. The summed E-state index contributed by atoms with van der Waals surface area (Å²) in [5, 5.41) is 40.2. The summed E-state index contributed by atoms with van der Waals surface area (Å²) in [5.41, 5.74) is 8.00. The summed E-state index contributed by atoms with van der Waals surface area (Å²) in [7, 11) is -3.21. The van der Waals surface area contributed by atoms with Crippen LogP contribution in [0.3, 0.4) is 0 Å². The van der Waals surface area contributed by atoms with Crippen LogP contribution in [0.1, 0.15) is 119 Å². The Labute approximate surface area is 543 Å². The molecule has 5 amide bonds. The predicted octanol–water partition coefficient (Wildman–Crippen LogP) is 5.25. The zero-order chi connectivity index (χ0) is 68.7. The van der Waals surface area contributed by atoms with Crippen molar-refractivity contribution in [2.45, 2.75) is 139 Å². The van der Waals surface area contributed by atoms with E-state index in [4.69, 9.17) is 10.5 Å². The van der Waals surface area contributed by atoms with Crippen LogP contribution in [-0.4, -0.2) is 138 Å². The second-order valence-electron chi connectivity index (χ2n) is 23.1. The molecule has 0 aliphatic rings. The van der Waals surface area contributed by atoms with Gasteiger partial charge in [-0.05, 0) is 104 Å². The van der Waals surface area contributed by atoms with Gasteiger partial charge in [-0.2, -0.15) is 0 Å². The average molecular weight is 1320 g/mol. The Kier molecular flexibility index (Phi) is 30.8. The standard InChI is InChI=1S/C67H82FN7O18S/c1-93-52-23-25-53(26-24-52)94(91,92)75-57(39-63(85)86)59(79)38-46(22-28-62(83)84)66(89)73-41-51(77)35-47(31-43-15-12-17-49(68)32-43)67(90)74-56(36-48-40-72-55-20-8-7-19-54(48)55)58(78)37-45(21-27-61(81)82)65(88)71-30-10-3-6-18-50(76)34-44(64(69)87)16-9-11-29-70-60(80)33-42-13-4-2-5-14-42/h2,4-5,7-8,12-15,17,19-20,23-26,32,40,44-47,56-57,72,75H,3,6,9-11,16,18,21-22,27-31,33-39,41H2,1H3,(H2,69,87)(H,70,80)(H,71,88)(H,73,89)(H,74,90)(H,81,82)(H,83,84)(H,85,86)/t44-,45-,46-,47-,56+,57-/m1/s1. The zero-order valence-corrected chi connectivity index (χ0v) is 53.1. The number of para-hydroxylation sites is 1. The third kappa shape index (κ3) is 26.6. The van der Waals surface area contributed by atoms with Crippen molar-refractivity contribution in [2.75, 3.05) is 26.7 Å². The normalized spacial score (nSPS) is 13.2. The number of nitrogens with two attached hydrogens (primary N) is 1. The number of aromatic nitrogens is 1. The molecule has 1 heterocycles. The number of ether oxygens (including phenoxy) is 1. The fourth-order valence-electron chi connectivity index (χ4n) is 10.7. The molecule has 0 spiro atoms. The smallest absolute Gasteiger partial charge is 0.305 e. The Hall–Kier alpha value is -9.50. The van der Waals surface area contributed by atoms with Crippen LogP contribution in [0, 0.1) is 29.5 Å². The van der Waals surface area contributed by atoms with Gasteiger partial charge in [0.2, 0.25) is 39.6 Å². The van der Waals surface area contributed by atoms with Gasteiger partial charge in [-0.3, -0.25) is 57.5 Å². The molecule has 0 saturated carbocycles. The maximum Gasteiger partial charge on any atom is 0.305 e. The van der Waals surface area contributed by atoms with Crippen LogP contribution in [0.5, 0.6) is 5.75 Å². The highest BCUT2D eigenvalue weighted by atomic mass is 32.2. The van der Waals surface area contributed by atoms with Gasteiger partial charge in [-0.1, -0.05) is 73.5 Å². The largest absolute Gasteiger partial charge is 0.497 e. The lowest BCUT2D eigenvalue weighted by Gasteiger charge is -2.24. The number of carbonyl (C=O) groups excluding carboxylic acids is 9. The van der Waals surface area contributed by atoms with Crippen LogP contribution in [0.4, 0.5) is 4.39 Å². The van der Waals surface area contributed by atoms with Gasteiger partial charge in [0.1, 0.15) is 17.3 Å². The third-order valence-corrected chi connectivity index (χ3v) is 17.3. The second kappa shape index (κ2) is 38.5. The minimum absolute atomic E-state index is 0.0435. The molecule has 0 bridgehead atoms. The number of ketones is 4. The van der Waals surface area contributed by atoms with E-state index in [-0.39, 0.29) is 67.2 Å². The van der Waals surface area contributed by atoms with E-state index in [1.54, 1.807) is 30.5 Å². The minimum atomic E-state index is -4.55. The van der Waals surface area contributed by atoms with Crippen molar-refractivity contribution in [2.24, 2.45) is 29.4 Å². The number of benzene rings is 4. The number of sulfonamides is 1. The number of nitrogens with one attached hydrogen (secondary N) is 6. The Balaban J connectivity index is 1.24. The molecule has 0 saturated heterocycles. The maximum atomic E-state index is 14.7. The van der Waals surface area contributed by atoms with Crippen LogP contribution in [-0.2, 0) is 86.8 Å². The highest BCUT2D eigenvalue weighted by Gasteiger charge is 2.35. The molecule has 0 fully saturated rings. The number of carboxylic acids is 3. The van der Waals surface area contributed by atoms with Crippen molar-refractivity contribution in [3.05, 3.63) is 132 Å². The molecule has 5 aromatic rings. The van der Waals surface area contributed by atoms with Gasteiger partial charge in [0.15, 0.2) is 17.3 Å². The number of fused-ring (bicyclic) bond motifs is 1. The van der Waals surface area contributed by atoms with Crippen molar-refractivity contribution < 1.29 is 90.4 Å². The number of carbonyl (C=O) groups is 12. The first-order valence-corrected chi connectivity index (χ1v) is 32.4. The molecule has 506 valence electrons. The van der Waals surface area contributed by atoms with Crippen molar-refractivity contribution in [1.29, 1.82) is 0 Å². The fourth-order valence-corrected chi connectivity index (χ4v) is 11.9. The topological polar surface area (TPSA) is 411 Å². The third-order valence-electron chi connectivity index (χ3n) is 15.8. The first-order valence-electron chi connectivity index (χ1n) is 31.0. The molecule has 0 radical (unpaired) electrons. The van der Waals surface area contributed by atoms with E-state index in [2.05, 4.69) is 26.3 Å². The number of unbranched alkanes of at least 4 members (excludes halogenated alkanes) is 3. The first-order chi connectivity index (χ1) is 44.8. The summed E-state index contributed by atoms with van der Waals surface area (Å²) >= 11 is 0. The summed E-state index contributed by atoms with van der Waals surface area (Å²) in [4.78, 5) is 160. The highest BCUT2D eigenvalue weighted by Crippen LogP contribution is 2.25. The number of H-pyrrole nitrogens is 1. The van der Waals surface area contributed by atoms with Crippen LogP contribution in [0.2, 0.25) is 0 Å². The van der Waals surface area contributed by atoms with Crippen LogP contribution >= 0.6 is 0 Å². The molecule has 1 aromatic heterocycles. The number of methoxy groups -OCH3 is 1. The Bertz CT molecular complexity index is 3560. The number of hydrogen-bond acceptors (Lipinski definition) is 15.